The minimum absolute atomic E-state index is 0.131. The molecule has 2 heterocycles. The molecule has 3 N–H and O–H groups in total. The van der Waals surface area contributed by atoms with Gasteiger partial charge in [0.2, 0.25) is 5.95 Å². The summed E-state index contributed by atoms with van der Waals surface area (Å²) in [6, 6.07) is 7.10. The lowest BCUT2D eigenvalue weighted by Gasteiger charge is -2.23. The molecule has 1 aromatic carbocycles. The molecule has 1 aliphatic rings. The number of benzene rings is 1. The summed E-state index contributed by atoms with van der Waals surface area (Å²) in [6.07, 6.45) is 4.15. The van der Waals surface area contributed by atoms with Crippen LogP contribution in [-0.2, 0) is 6.42 Å². The normalized spacial score (nSPS) is 16.7. The fourth-order valence-corrected chi connectivity index (χ4v) is 3.25. The zero-order valence-corrected chi connectivity index (χ0v) is 15.1. The van der Waals surface area contributed by atoms with Crippen molar-refractivity contribution in [1.82, 2.24) is 9.97 Å². The first-order valence-electron chi connectivity index (χ1n) is 8.93. The number of nitro benzene ring substituents is 1. The minimum Gasteiger partial charge on any atom is -0.393 e. The molecule has 1 aliphatic heterocycles. The fourth-order valence-electron chi connectivity index (χ4n) is 3.25. The Kier molecular flexibility index (Phi) is 5.20. The lowest BCUT2D eigenvalue weighted by atomic mass is 10.2. The van der Waals surface area contributed by atoms with E-state index in [-0.39, 0.29) is 11.4 Å². The molecule has 0 saturated carbocycles. The highest BCUT2D eigenvalue weighted by Crippen LogP contribution is 2.29. The van der Waals surface area contributed by atoms with Crippen molar-refractivity contribution < 1.29 is 4.92 Å². The molecule has 26 heavy (non-hydrogen) atoms. The average Bonchev–Trinajstić information content (AvgIpc) is 3.02. The van der Waals surface area contributed by atoms with E-state index in [1.54, 1.807) is 6.07 Å². The molecular formula is C18H24N6O2. The molecule has 2 aromatic rings. The largest absolute Gasteiger partial charge is 0.393 e. The number of nitrogens with one attached hydrogen (secondary N) is 1. The number of nitrogens with two attached hydrogens (primary N) is 1. The smallest absolute Gasteiger partial charge is 0.294 e. The highest BCUT2D eigenvalue weighted by Gasteiger charge is 2.23. The van der Waals surface area contributed by atoms with Gasteiger partial charge in [-0.05, 0) is 38.3 Å². The molecular weight excluding hydrogens is 332 g/mol. The van der Waals surface area contributed by atoms with E-state index in [4.69, 9.17) is 5.73 Å². The topological polar surface area (TPSA) is 110 Å². The molecule has 0 spiro atoms. The van der Waals surface area contributed by atoms with E-state index in [0.717, 1.165) is 43.7 Å². The van der Waals surface area contributed by atoms with E-state index in [1.165, 1.54) is 12.1 Å². The molecule has 8 nitrogen and oxygen atoms in total. The Morgan fingerprint density at radius 1 is 1.38 bits per heavy atom. The number of rotatable bonds is 6. The van der Waals surface area contributed by atoms with Crippen molar-refractivity contribution in [3.8, 4) is 0 Å². The number of hydrogen-bond acceptors (Lipinski definition) is 7. The third kappa shape index (κ3) is 3.84. The number of hydrogen-bond donors (Lipinski definition) is 2. The van der Waals surface area contributed by atoms with Gasteiger partial charge < -0.3 is 16.0 Å². The van der Waals surface area contributed by atoms with Gasteiger partial charge in [0, 0.05) is 36.1 Å². The van der Waals surface area contributed by atoms with Crippen molar-refractivity contribution in [1.29, 1.82) is 0 Å². The van der Waals surface area contributed by atoms with Crippen molar-refractivity contribution in [2.45, 2.75) is 45.6 Å². The Bertz CT molecular complexity index is 810. The Hall–Kier alpha value is -2.90. The van der Waals surface area contributed by atoms with Crippen LogP contribution in [0.1, 0.15) is 38.8 Å². The highest BCUT2D eigenvalue weighted by atomic mass is 16.6. The van der Waals surface area contributed by atoms with Gasteiger partial charge in [-0.15, -0.1) is 0 Å². The van der Waals surface area contributed by atoms with E-state index in [1.807, 2.05) is 6.07 Å². The van der Waals surface area contributed by atoms with Crippen LogP contribution in [0, 0.1) is 10.1 Å². The van der Waals surface area contributed by atoms with Crippen LogP contribution >= 0.6 is 0 Å². The standard InChI is InChI=1S/C18H24N6O2/c1-3-5-13-11-17(23-9-4-6-12(23)2)22-18(20-13)21-14-7-8-15(19)16(10-14)24(25)26/h7-8,10-12H,3-6,9,19H2,1-2H3,(H,20,21,22)/t12-/m0/s1. The van der Waals surface area contributed by atoms with Crippen LogP contribution < -0.4 is 16.0 Å². The molecule has 0 amide bonds. The van der Waals surface area contributed by atoms with Gasteiger partial charge in [-0.1, -0.05) is 13.3 Å². The second-order valence-corrected chi connectivity index (χ2v) is 6.63. The maximum Gasteiger partial charge on any atom is 0.294 e. The second kappa shape index (κ2) is 7.55. The molecule has 1 atom stereocenters. The Labute approximate surface area is 152 Å². The number of nitrogens with zero attached hydrogens (tertiary/aromatic N) is 4. The third-order valence-corrected chi connectivity index (χ3v) is 4.60. The fraction of sp³-hybridized carbons (Fsp3) is 0.444. The Morgan fingerprint density at radius 2 is 2.19 bits per heavy atom. The van der Waals surface area contributed by atoms with Crippen LogP contribution in [-0.4, -0.2) is 27.5 Å². The number of nitrogen functional groups attached to an aromatic ring is 1. The summed E-state index contributed by atoms with van der Waals surface area (Å²) in [6.45, 7) is 5.29. The molecule has 0 radical (unpaired) electrons. The highest BCUT2D eigenvalue weighted by molar-refractivity contribution is 5.68. The Balaban J connectivity index is 1.92. The monoisotopic (exact) mass is 356 g/mol. The van der Waals surface area contributed by atoms with Crippen LogP contribution in [0.3, 0.4) is 0 Å². The molecule has 138 valence electrons. The summed E-state index contributed by atoms with van der Waals surface area (Å²) in [5, 5.41) is 14.2. The van der Waals surface area contributed by atoms with E-state index >= 15 is 0 Å². The third-order valence-electron chi connectivity index (χ3n) is 4.60. The van der Waals surface area contributed by atoms with Crippen LogP contribution in [0.2, 0.25) is 0 Å². The van der Waals surface area contributed by atoms with E-state index in [2.05, 4.69) is 34.0 Å². The predicted octanol–water partition coefficient (Wildman–Crippen LogP) is 3.65. The molecule has 1 saturated heterocycles. The molecule has 0 unspecified atom stereocenters. The maximum atomic E-state index is 11.1. The minimum atomic E-state index is -0.494. The maximum absolute atomic E-state index is 11.1. The summed E-state index contributed by atoms with van der Waals surface area (Å²) in [4.78, 5) is 22.1. The van der Waals surface area contributed by atoms with Crippen molar-refractivity contribution >= 4 is 28.8 Å². The van der Waals surface area contributed by atoms with Crippen LogP contribution in [0.4, 0.5) is 28.8 Å². The summed E-state index contributed by atoms with van der Waals surface area (Å²) < 4.78 is 0. The van der Waals surface area contributed by atoms with Gasteiger partial charge >= 0.3 is 0 Å². The number of nitro groups is 1. The first kappa shape index (κ1) is 17.9. The van der Waals surface area contributed by atoms with Crippen LogP contribution in [0.25, 0.3) is 0 Å². The van der Waals surface area contributed by atoms with Crippen molar-refractivity contribution in [3.63, 3.8) is 0 Å². The van der Waals surface area contributed by atoms with Crippen molar-refractivity contribution in [3.05, 3.63) is 40.1 Å². The van der Waals surface area contributed by atoms with Crippen molar-refractivity contribution in [2.75, 3.05) is 22.5 Å². The van der Waals surface area contributed by atoms with Gasteiger partial charge in [0.1, 0.15) is 11.5 Å². The van der Waals surface area contributed by atoms with Gasteiger partial charge in [0.25, 0.3) is 5.69 Å². The molecule has 8 heteroatoms. The zero-order valence-electron chi connectivity index (χ0n) is 15.1. The van der Waals surface area contributed by atoms with Gasteiger partial charge in [-0.25, -0.2) is 4.98 Å². The van der Waals surface area contributed by atoms with E-state index in [9.17, 15) is 10.1 Å². The molecule has 3 rings (SSSR count). The molecule has 0 bridgehead atoms. The lowest BCUT2D eigenvalue weighted by Crippen LogP contribution is -2.27. The first-order chi connectivity index (χ1) is 12.5. The van der Waals surface area contributed by atoms with E-state index < -0.39 is 4.92 Å². The first-order valence-corrected chi connectivity index (χ1v) is 8.93. The summed E-state index contributed by atoms with van der Waals surface area (Å²) in [7, 11) is 0. The quantitative estimate of drug-likeness (QED) is 0.462. The summed E-state index contributed by atoms with van der Waals surface area (Å²) in [5.74, 6) is 1.35. The average molecular weight is 356 g/mol. The van der Waals surface area contributed by atoms with Gasteiger partial charge in [0.15, 0.2) is 0 Å². The molecule has 0 aliphatic carbocycles. The van der Waals surface area contributed by atoms with Gasteiger partial charge in [-0.3, -0.25) is 10.1 Å². The number of aryl methyl sites for hydroxylation is 1. The van der Waals surface area contributed by atoms with Crippen LogP contribution in [0.5, 0.6) is 0 Å². The van der Waals surface area contributed by atoms with Crippen molar-refractivity contribution in [2.24, 2.45) is 0 Å². The number of anilines is 4. The van der Waals surface area contributed by atoms with Gasteiger partial charge in [-0.2, -0.15) is 4.98 Å². The lowest BCUT2D eigenvalue weighted by molar-refractivity contribution is -0.383. The molecule has 1 fully saturated rings. The van der Waals surface area contributed by atoms with Crippen LogP contribution in [0.15, 0.2) is 24.3 Å². The Morgan fingerprint density at radius 3 is 2.85 bits per heavy atom. The van der Waals surface area contributed by atoms with E-state index in [0.29, 0.717) is 17.7 Å². The summed E-state index contributed by atoms with van der Waals surface area (Å²) in [5.41, 5.74) is 7.17. The second-order valence-electron chi connectivity index (χ2n) is 6.63. The molecule has 1 aromatic heterocycles. The van der Waals surface area contributed by atoms with Gasteiger partial charge in [0.05, 0.1) is 4.92 Å². The predicted molar refractivity (Wildman–Crippen MR) is 103 cm³/mol. The zero-order chi connectivity index (χ0) is 18.7. The number of aromatic nitrogens is 2. The summed E-state index contributed by atoms with van der Waals surface area (Å²) >= 11 is 0. The SMILES string of the molecule is CCCc1cc(N2CCC[C@@H]2C)nc(Nc2ccc(N)c([N+](=O)[O-])c2)n1.